The van der Waals surface area contributed by atoms with Crippen LogP contribution in [0.5, 0.6) is 5.75 Å². The highest BCUT2D eigenvalue weighted by molar-refractivity contribution is 5.86. The smallest absolute Gasteiger partial charge is 0.298 e. The normalized spacial score (nSPS) is 19.7. The summed E-state index contributed by atoms with van der Waals surface area (Å²) in [5.74, 6) is 2.70. The van der Waals surface area contributed by atoms with Gasteiger partial charge in [-0.15, -0.1) is 0 Å². The van der Waals surface area contributed by atoms with Gasteiger partial charge in [-0.1, -0.05) is 6.92 Å². The molecule has 5 rings (SSSR count). The molecule has 2 N–H and O–H groups in total. The van der Waals surface area contributed by atoms with Crippen molar-refractivity contribution >= 4 is 34.0 Å². The van der Waals surface area contributed by atoms with Crippen molar-refractivity contribution in [2.45, 2.75) is 13.3 Å². The lowest BCUT2D eigenvalue weighted by Crippen LogP contribution is -2.42. The van der Waals surface area contributed by atoms with Crippen molar-refractivity contribution in [2.75, 3.05) is 37.0 Å². The number of hydrogen-bond donors (Lipinski definition) is 2. The number of oxazole rings is 1. The van der Waals surface area contributed by atoms with E-state index in [1.54, 1.807) is 13.4 Å². The van der Waals surface area contributed by atoms with Crippen molar-refractivity contribution in [3.8, 4) is 5.75 Å². The van der Waals surface area contributed by atoms with Crippen molar-refractivity contribution in [3.63, 3.8) is 0 Å². The second kappa shape index (κ2) is 7.27. The zero-order chi connectivity index (χ0) is 19.8. The van der Waals surface area contributed by atoms with Crippen LogP contribution in [0.2, 0.25) is 0 Å². The van der Waals surface area contributed by atoms with Gasteiger partial charge in [-0.05, 0) is 36.5 Å². The third-order valence-corrected chi connectivity index (χ3v) is 5.85. The lowest BCUT2D eigenvalue weighted by molar-refractivity contribution is 0.305. The van der Waals surface area contributed by atoms with E-state index in [0.717, 1.165) is 59.8 Å². The van der Waals surface area contributed by atoms with Gasteiger partial charge in [0.25, 0.3) is 6.01 Å². The molecule has 0 aliphatic carbocycles. The summed E-state index contributed by atoms with van der Waals surface area (Å²) >= 11 is 0. The molecule has 1 fully saturated rings. The minimum atomic E-state index is 0.456. The Hall–Kier alpha value is -3.29. The van der Waals surface area contributed by atoms with E-state index >= 15 is 0 Å². The molecule has 29 heavy (non-hydrogen) atoms. The summed E-state index contributed by atoms with van der Waals surface area (Å²) in [5, 5.41) is 4.54. The van der Waals surface area contributed by atoms with E-state index < -0.39 is 0 Å². The van der Waals surface area contributed by atoms with Gasteiger partial charge in [0, 0.05) is 31.9 Å². The molecule has 1 aliphatic rings. The summed E-state index contributed by atoms with van der Waals surface area (Å²) < 4.78 is 11.3. The monoisotopic (exact) mass is 392 g/mol. The van der Waals surface area contributed by atoms with Crippen LogP contribution in [0.1, 0.15) is 13.3 Å². The summed E-state index contributed by atoms with van der Waals surface area (Å²) in [6.45, 7) is 4.98. The minimum Gasteiger partial charge on any atom is -0.497 e. The molecule has 8 heteroatoms. The Bertz CT molecular complexity index is 1140. The van der Waals surface area contributed by atoms with Gasteiger partial charge in [0.15, 0.2) is 5.58 Å². The highest BCUT2D eigenvalue weighted by Gasteiger charge is 2.29. The van der Waals surface area contributed by atoms with E-state index in [0.29, 0.717) is 17.9 Å². The van der Waals surface area contributed by atoms with Crippen LogP contribution in [0.15, 0.2) is 41.2 Å². The van der Waals surface area contributed by atoms with Gasteiger partial charge in [-0.3, -0.25) is 0 Å². The van der Waals surface area contributed by atoms with Crippen LogP contribution in [0.25, 0.3) is 22.1 Å². The van der Waals surface area contributed by atoms with E-state index in [4.69, 9.17) is 9.15 Å². The largest absolute Gasteiger partial charge is 0.497 e. The molecule has 0 spiro atoms. The molecule has 0 saturated carbocycles. The van der Waals surface area contributed by atoms with Crippen molar-refractivity contribution in [1.82, 2.24) is 19.9 Å². The van der Waals surface area contributed by atoms with Crippen LogP contribution in [-0.4, -0.2) is 46.7 Å². The Morgan fingerprint density at radius 3 is 3.14 bits per heavy atom. The van der Waals surface area contributed by atoms with Gasteiger partial charge in [0.05, 0.1) is 12.5 Å². The molecule has 4 aromatic rings. The molecule has 8 nitrogen and oxygen atoms in total. The number of rotatable bonds is 5. The van der Waals surface area contributed by atoms with Crippen LogP contribution in [0.3, 0.4) is 0 Å². The summed E-state index contributed by atoms with van der Waals surface area (Å²) in [4.78, 5) is 18.7. The first-order valence-electron chi connectivity index (χ1n) is 9.93. The van der Waals surface area contributed by atoms with Gasteiger partial charge in [-0.2, -0.15) is 4.98 Å². The summed E-state index contributed by atoms with van der Waals surface area (Å²) in [5.41, 5.74) is 2.45. The molecule has 4 heterocycles. The number of aromatic nitrogens is 4. The van der Waals surface area contributed by atoms with Crippen molar-refractivity contribution < 1.29 is 9.15 Å². The predicted octanol–water partition coefficient (Wildman–Crippen LogP) is 3.68. The van der Waals surface area contributed by atoms with Gasteiger partial charge in [-0.25, -0.2) is 9.97 Å². The third-order valence-electron chi connectivity index (χ3n) is 5.85. The van der Waals surface area contributed by atoms with Crippen LogP contribution in [0, 0.1) is 11.8 Å². The number of fused-ring (bicyclic) bond motifs is 2. The van der Waals surface area contributed by atoms with E-state index in [1.165, 1.54) is 0 Å². The molecule has 1 aromatic carbocycles. The van der Waals surface area contributed by atoms with Crippen LogP contribution >= 0.6 is 0 Å². The molecular formula is C21H24N6O2. The number of anilines is 2. The zero-order valence-corrected chi connectivity index (χ0v) is 16.6. The number of methoxy groups -OCH3 is 1. The Kier molecular flexibility index (Phi) is 4.46. The first-order chi connectivity index (χ1) is 14.2. The number of nitrogens with one attached hydrogen (secondary N) is 2. The second-order valence-corrected chi connectivity index (χ2v) is 7.65. The zero-order valence-electron chi connectivity index (χ0n) is 16.6. The molecule has 2 atom stereocenters. The quantitative estimate of drug-likeness (QED) is 0.535. The lowest BCUT2D eigenvalue weighted by atomic mass is 9.87. The average Bonchev–Trinajstić information content (AvgIpc) is 3.39. The van der Waals surface area contributed by atoms with Crippen LogP contribution < -0.4 is 15.0 Å². The number of ether oxygens (including phenoxy) is 1. The predicted molar refractivity (Wildman–Crippen MR) is 112 cm³/mol. The fourth-order valence-electron chi connectivity index (χ4n) is 3.99. The van der Waals surface area contributed by atoms with E-state index in [2.05, 4.69) is 37.1 Å². The molecule has 150 valence electrons. The maximum Gasteiger partial charge on any atom is 0.298 e. The summed E-state index contributed by atoms with van der Waals surface area (Å²) in [6, 6.07) is 8.41. The van der Waals surface area contributed by atoms with E-state index in [9.17, 15) is 0 Å². The van der Waals surface area contributed by atoms with Gasteiger partial charge in [0.2, 0.25) is 0 Å². The fraction of sp³-hybridized carbons (Fsp3) is 0.381. The van der Waals surface area contributed by atoms with Crippen LogP contribution in [-0.2, 0) is 0 Å². The summed E-state index contributed by atoms with van der Waals surface area (Å²) in [7, 11) is 1.65. The molecule has 0 radical (unpaired) electrons. The van der Waals surface area contributed by atoms with Crippen molar-refractivity contribution in [3.05, 3.63) is 36.8 Å². The molecule has 3 aromatic heterocycles. The van der Waals surface area contributed by atoms with E-state index in [-0.39, 0.29) is 0 Å². The van der Waals surface area contributed by atoms with E-state index in [1.807, 2.05) is 30.5 Å². The Morgan fingerprint density at radius 2 is 2.24 bits per heavy atom. The molecule has 1 aliphatic heterocycles. The van der Waals surface area contributed by atoms with Crippen molar-refractivity contribution in [1.29, 1.82) is 0 Å². The lowest BCUT2D eigenvalue weighted by Gasteiger charge is -2.36. The molecule has 1 saturated heterocycles. The van der Waals surface area contributed by atoms with Gasteiger partial charge >= 0.3 is 0 Å². The Balaban J connectivity index is 1.32. The highest BCUT2D eigenvalue weighted by Crippen LogP contribution is 2.31. The fourth-order valence-corrected chi connectivity index (χ4v) is 3.99. The first-order valence-corrected chi connectivity index (χ1v) is 9.93. The van der Waals surface area contributed by atoms with Gasteiger partial charge in [0.1, 0.15) is 29.1 Å². The third kappa shape index (κ3) is 3.35. The van der Waals surface area contributed by atoms with Gasteiger partial charge < -0.3 is 24.4 Å². The number of nitrogens with zero attached hydrogens (tertiary/aromatic N) is 4. The van der Waals surface area contributed by atoms with Crippen molar-refractivity contribution in [2.24, 2.45) is 11.8 Å². The number of H-pyrrole nitrogens is 1. The number of piperidine rings is 1. The summed E-state index contributed by atoms with van der Waals surface area (Å²) in [6.07, 6.45) is 4.57. The second-order valence-electron chi connectivity index (χ2n) is 7.65. The standard InChI is InChI=1S/C21H24N6O2/c1-13-6-8-27(21-26-17-4-3-15(28-2)9-18(17)29-21)11-14(13)10-23-20-16-5-7-22-19(16)24-12-25-20/h3-5,7,9,12-14H,6,8,10-11H2,1-2H3,(H2,22,23,24,25). The topological polar surface area (TPSA) is 92.1 Å². The Labute approximate surface area is 168 Å². The maximum absolute atomic E-state index is 6.03. The minimum absolute atomic E-state index is 0.456. The number of hydrogen-bond acceptors (Lipinski definition) is 7. The SMILES string of the molecule is COc1ccc2nc(N3CCC(C)C(CNc4ncnc5[nH]ccc45)C3)oc2c1. The molecule has 0 amide bonds. The number of aromatic amines is 1. The molecule has 0 bridgehead atoms. The van der Waals surface area contributed by atoms with Crippen LogP contribution in [0.4, 0.5) is 11.8 Å². The molecule has 2 unspecified atom stereocenters. The highest BCUT2D eigenvalue weighted by atomic mass is 16.5. The number of benzene rings is 1. The Morgan fingerprint density at radius 1 is 1.31 bits per heavy atom. The maximum atomic E-state index is 6.03. The average molecular weight is 392 g/mol. The first kappa shape index (κ1) is 17.8. The molecular weight excluding hydrogens is 368 g/mol.